The van der Waals surface area contributed by atoms with Crippen molar-refractivity contribution in [2.45, 2.75) is 0 Å². The molecule has 0 radical (unpaired) electrons. The summed E-state index contributed by atoms with van der Waals surface area (Å²) in [5.41, 5.74) is 12.2. The first-order valence-electron chi connectivity index (χ1n) is 16.3. The minimum absolute atomic E-state index is 0.882. The lowest BCUT2D eigenvalue weighted by Crippen LogP contribution is -2.09. The standard InChI is InChI=1S/C46H31NO/c1-2-16-40(17-3-1)47(42-26-27-44-43-18-6-7-19-45(43)48-46(44)31-42)41-24-22-33(23-25-41)35-12-8-13-36(28-35)37-14-9-15-38(30-37)39-21-20-32-10-4-5-11-34(32)29-39/h1-31H. The molecular formula is C46H31NO. The van der Waals surface area contributed by atoms with Crippen LogP contribution in [0.15, 0.2) is 192 Å². The van der Waals surface area contributed by atoms with Gasteiger partial charge in [-0.1, -0.05) is 121 Å². The first-order valence-corrected chi connectivity index (χ1v) is 16.3. The fraction of sp³-hybridized carbons (Fsp3) is 0. The molecule has 0 aliphatic heterocycles. The summed E-state index contributed by atoms with van der Waals surface area (Å²) in [6.07, 6.45) is 0. The van der Waals surface area contributed by atoms with Gasteiger partial charge in [-0.05, 0) is 105 Å². The third kappa shape index (κ3) is 5.10. The largest absolute Gasteiger partial charge is 0.456 e. The van der Waals surface area contributed by atoms with E-state index in [4.69, 9.17) is 4.42 Å². The first kappa shape index (κ1) is 27.9. The number of hydrogen-bond donors (Lipinski definition) is 0. The normalized spacial score (nSPS) is 11.3. The molecule has 1 heterocycles. The molecule has 9 rings (SSSR count). The Morgan fingerprint density at radius 1 is 0.292 bits per heavy atom. The third-order valence-electron chi connectivity index (χ3n) is 9.24. The fourth-order valence-electron chi connectivity index (χ4n) is 6.81. The van der Waals surface area contributed by atoms with Crippen LogP contribution in [0.2, 0.25) is 0 Å². The predicted molar refractivity (Wildman–Crippen MR) is 202 cm³/mol. The van der Waals surface area contributed by atoms with Crippen molar-refractivity contribution in [3.05, 3.63) is 188 Å². The lowest BCUT2D eigenvalue weighted by molar-refractivity contribution is 0.669. The summed E-state index contributed by atoms with van der Waals surface area (Å²) < 4.78 is 6.26. The molecule has 48 heavy (non-hydrogen) atoms. The first-order chi connectivity index (χ1) is 23.8. The predicted octanol–water partition coefficient (Wildman–Crippen LogP) is 13.2. The van der Waals surface area contributed by atoms with Gasteiger partial charge >= 0.3 is 0 Å². The lowest BCUT2D eigenvalue weighted by atomic mass is 9.95. The second-order valence-corrected chi connectivity index (χ2v) is 12.2. The smallest absolute Gasteiger partial charge is 0.137 e. The van der Waals surface area contributed by atoms with Gasteiger partial charge in [0.15, 0.2) is 0 Å². The van der Waals surface area contributed by atoms with E-state index in [1.807, 2.05) is 12.1 Å². The molecule has 2 heteroatoms. The minimum Gasteiger partial charge on any atom is -0.456 e. The maximum absolute atomic E-state index is 6.26. The Morgan fingerprint density at radius 3 is 1.58 bits per heavy atom. The summed E-state index contributed by atoms with van der Waals surface area (Å²) in [6.45, 7) is 0. The topological polar surface area (TPSA) is 16.4 Å². The van der Waals surface area contributed by atoms with Crippen LogP contribution >= 0.6 is 0 Å². The van der Waals surface area contributed by atoms with E-state index in [1.165, 1.54) is 44.2 Å². The molecule has 0 aliphatic carbocycles. The molecule has 0 atom stereocenters. The van der Waals surface area contributed by atoms with Gasteiger partial charge in [0.1, 0.15) is 11.2 Å². The van der Waals surface area contributed by atoms with Crippen LogP contribution in [0, 0.1) is 0 Å². The molecule has 0 N–H and O–H groups in total. The third-order valence-corrected chi connectivity index (χ3v) is 9.24. The summed E-state index contributed by atoms with van der Waals surface area (Å²) in [7, 11) is 0. The Morgan fingerprint density at radius 2 is 0.833 bits per heavy atom. The highest BCUT2D eigenvalue weighted by Gasteiger charge is 2.15. The van der Waals surface area contributed by atoms with E-state index in [-0.39, 0.29) is 0 Å². The average molecular weight is 614 g/mol. The molecule has 0 saturated carbocycles. The SMILES string of the molecule is c1ccc(N(c2ccc(-c3cccc(-c4cccc(-c5ccc6ccccc6c5)c4)c3)cc2)c2ccc3c(c2)oc2ccccc23)cc1. The van der Waals surface area contributed by atoms with Crippen molar-refractivity contribution in [2.75, 3.05) is 4.90 Å². The zero-order valence-corrected chi connectivity index (χ0v) is 26.3. The van der Waals surface area contributed by atoms with Crippen LogP contribution in [0.5, 0.6) is 0 Å². The van der Waals surface area contributed by atoms with Gasteiger partial charge in [0, 0.05) is 33.9 Å². The number of fused-ring (bicyclic) bond motifs is 4. The zero-order valence-electron chi connectivity index (χ0n) is 26.3. The van der Waals surface area contributed by atoms with Gasteiger partial charge in [-0.2, -0.15) is 0 Å². The van der Waals surface area contributed by atoms with E-state index >= 15 is 0 Å². The molecule has 8 aromatic carbocycles. The number of rotatable bonds is 6. The number of para-hydroxylation sites is 2. The van der Waals surface area contributed by atoms with Crippen LogP contribution in [-0.4, -0.2) is 0 Å². The van der Waals surface area contributed by atoms with Crippen molar-refractivity contribution in [2.24, 2.45) is 0 Å². The summed E-state index contributed by atoms with van der Waals surface area (Å²) in [5.74, 6) is 0. The van der Waals surface area contributed by atoms with Crippen LogP contribution in [0.3, 0.4) is 0 Å². The van der Waals surface area contributed by atoms with Crippen molar-refractivity contribution < 1.29 is 4.42 Å². The van der Waals surface area contributed by atoms with Gasteiger partial charge in [-0.15, -0.1) is 0 Å². The Balaban J connectivity index is 1.05. The van der Waals surface area contributed by atoms with Crippen LogP contribution in [0.4, 0.5) is 17.1 Å². The van der Waals surface area contributed by atoms with Gasteiger partial charge in [-0.3, -0.25) is 0 Å². The molecule has 0 fully saturated rings. The number of nitrogens with zero attached hydrogens (tertiary/aromatic N) is 1. The number of anilines is 3. The molecule has 226 valence electrons. The van der Waals surface area contributed by atoms with E-state index in [9.17, 15) is 0 Å². The van der Waals surface area contributed by atoms with E-state index in [0.29, 0.717) is 0 Å². The maximum atomic E-state index is 6.26. The van der Waals surface area contributed by atoms with Crippen LogP contribution in [-0.2, 0) is 0 Å². The molecule has 1 aromatic heterocycles. The fourth-order valence-corrected chi connectivity index (χ4v) is 6.81. The molecule has 2 nitrogen and oxygen atoms in total. The number of benzene rings is 8. The van der Waals surface area contributed by atoms with Crippen LogP contribution < -0.4 is 4.90 Å². The molecule has 9 aromatic rings. The van der Waals surface area contributed by atoms with Crippen molar-refractivity contribution >= 4 is 49.8 Å². The highest BCUT2D eigenvalue weighted by Crippen LogP contribution is 2.39. The Labute approximate surface area is 279 Å². The van der Waals surface area contributed by atoms with E-state index in [0.717, 1.165) is 39.0 Å². The zero-order chi connectivity index (χ0) is 31.9. The van der Waals surface area contributed by atoms with Gasteiger partial charge in [0.25, 0.3) is 0 Å². The quantitative estimate of drug-likeness (QED) is 0.185. The van der Waals surface area contributed by atoms with Gasteiger partial charge < -0.3 is 9.32 Å². The molecule has 0 saturated heterocycles. The monoisotopic (exact) mass is 613 g/mol. The Hall–Kier alpha value is -6.38. The summed E-state index contributed by atoms with van der Waals surface area (Å²) in [5, 5.41) is 4.78. The van der Waals surface area contributed by atoms with Crippen LogP contribution in [0.1, 0.15) is 0 Å². The van der Waals surface area contributed by atoms with Gasteiger partial charge in [-0.25, -0.2) is 0 Å². The van der Waals surface area contributed by atoms with E-state index in [2.05, 4.69) is 181 Å². The molecule has 0 bridgehead atoms. The minimum atomic E-state index is 0.882. The summed E-state index contributed by atoms with van der Waals surface area (Å²) >= 11 is 0. The molecule has 0 amide bonds. The highest BCUT2D eigenvalue weighted by molar-refractivity contribution is 6.06. The number of hydrogen-bond acceptors (Lipinski definition) is 2. The van der Waals surface area contributed by atoms with Crippen molar-refractivity contribution in [3.8, 4) is 33.4 Å². The summed E-state index contributed by atoms with van der Waals surface area (Å²) in [6, 6.07) is 67.0. The van der Waals surface area contributed by atoms with Gasteiger partial charge in [0.2, 0.25) is 0 Å². The highest BCUT2D eigenvalue weighted by atomic mass is 16.3. The van der Waals surface area contributed by atoms with Gasteiger partial charge in [0.05, 0.1) is 0 Å². The number of furan rings is 1. The second kappa shape index (κ2) is 11.8. The molecule has 0 spiro atoms. The lowest BCUT2D eigenvalue weighted by Gasteiger charge is -2.25. The molecule has 0 unspecified atom stereocenters. The van der Waals surface area contributed by atoms with Crippen molar-refractivity contribution in [1.29, 1.82) is 0 Å². The second-order valence-electron chi connectivity index (χ2n) is 12.2. The molecule has 0 aliphatic rings. The summed E-state index contributed by atoms with van der Waals surface area (Å²) in [4.78, 5) is 2.28. The van der Waals surface area contributed by atoms with E-state index in [1.54, 1.807) is 0 Å². The average Bonchev–Trinajstić information content (AvgIpc) is 3.54. The van der Waals surface area contributed by atoms with E-state index < -0.39 is 0 Å². The maximum Gasteiger partial charge on any atom is 0.137 e. The van der Waals surface area contributed by atoms with Crippen LogP contribution in [0.25, 0.3) is 66.1 Å². The Bertz CT molecular complexity index is 2560. The van der Waals surface area contributed by atoms with Crippen molar-refractivity contribution in [1.82, 2.24) is 0 Å². The van der Waals surface area contributed by atoms with Crippen molar-refractivity contribution in [3.63, 3.8) is 0 Å². The molecular weight excluding hydrogens is 583 g/mol. The Kier molecular flexibility index (Phi) is 6.84.